The topological polar surface area (TPSA) is 177 Å². The maximum atomic E-state index is 11.4. The van der Waals surface area contributed by atoms with Crippen LogP contribution in [-0.2, 0) is 66.1 Å². The Morgan fingerprint density at radius 1 is 0.452 bits per heavy atom. The van der Waals surface area contributed by atoms with Crippen molar-refractivity contribution in [1.29, 1.82) is 0 Å². The van der Waals surface area contributed by atoms with Crippen LogP contribution in [0.15, 0.2) is 60.7 Å². The quantitative estimate of drug-likeness (QED) is 0.0733. The number of nitrogens with one attached hydrogen (secondary N) is 1. The highest BCUT2D eigenvalue weighted by Gasteiger charge is 2.50. The van der Waals surface area contributed by atoms with Gasteiger partial charge in [0.05, 0.1) is 152 Å². The van der Waals surface area contributed by atoms with Crippen LogP contribution in [0.4, 0.5) is 0 Å². The molecular formula is C45H75NO15Si. The fraction of sp³-hybridized carbons (Fsp3) is 0.689. The molecule has 0 atom stereocenters. The molecule has 0 spiro atoms. The molecule has 62 heavy (non-hydrogen) atoms. The van der Waals surface area contributed by atoms with E-state index >= 15 is 0 Å². The smallest absolute Gasteiger partial charge is 0.303 e. The van der Waals surface area contributed by atoms with Gasteiger partial charge in [-0.25, -0.2) is 0 Å². The Hall–Kier alpha value is -2.88. The van der Waals surface area contributed by atoms with E-state index < -0.39 is 14.3 Å². The van der Waals surface area contributed by atoms with Gasteiger partial charge in [-0.05, 0) is 21.8 Å². The molecule has 0 aliphatic carbocycles. The Kier molecular flexibility index (Phi) is 33.4. The fourth-order valence-corrected chi connectivity index (χ4v) is 10.6. The van der Waals surface area contributed by atoms with Crippen molar-refractivity contribution in [2.24, 2.45) is 0 Å². The van der Waals surface area contributed by atoms with Crippen LogP contribution in [0.3, 0.4) is 0 Å². The van der Waals surface area contributed by atoms with Crippen molar-refractivity contribution in [2.75, 3.05) is 159 Å². The first-order valence-corrected chi connectivity index (χ1v) is 23.8. The number of aliphatic carboxylic acids is 1. The van der Waals surface area contributed by atoms with E-state index in [1.165, 1.54) is 10.4 Å². The van der Waals surface area contributed by atoms with E-state index in [1.54, 1.807) is 0 Å². The minimum absolute atomic E-state index is 0.0128. The molecule has 0 aliphatic heterocycles. The number of carboxylic acids is 1. The highest BCUT2D eigenvalue weighted by Crippen LogP contribution is 2.36. The summed E-state index contributed by atoms with van der Waals surface area (Å²) >= 11 is 0. The molecule has 0 saturated carbocycles. The van der Waals surface area contributed by atoms with Crippen LogP contribution in [0, 0.1) is 0 Å². The fourth-order valence-electron chi connectivity index (χ4n) is 6.03. The lowest BCUT2D eigenvalue weighted by molar-refractivity contribution is -0.138. The summed E-state index contributed by atoms with van der Waals surface area (Å²) in [6.07, 6.45) is 0.469. The van der Waals surface area contributed by atoms with Gasteiger partial charge in [-0.2, -0.15) is 0 Å². The van der Waals surface area contributed by atoms with Gasteiger partial charge in [0.2, 0.25) is 5.91 Å². The van der Waals surface area contributed by atoms with Gasteiger partial charge in [0.25, 0.3) is 8.32 Å². The van der Waals surface area contributed by atoms with Gasteiger partial charge < -0.3 is 67.0 Å². The van der Waals surface area contributed by atoms with E-state index in [1.807, 2.05) is 12.1 Å². The SMILES string of the molecule is CC(C)(C)[Si](OCCOCCOCCOCCOCCOCCOCCOCCOCCOCCOCCOCCCNC(=O)CCC(=O)O)(c1ccccc1)c1ccccc1. The molecule has 2 aromatic carbocycles. The van der Waals surface area contributed by atoms with Crippen molar-refractivity contribution in [1.82, 2.24) is 5.32 Å². The Bertz CT molecular complexity index is 1300. The molecule has 0 bridgehead atoms. The molecule has 0 unspecified atom stereocenters. The normalized spacial score (nSPS) is 11.9. The predicted octanol–water partition coefficient (Wildman–Crippen LogP) is 3.12. The number of rotatable bonds is 43. The zero-order valence-electron chi connectivity index (χ0n) is 37.5. The van der Waals surface area contributed by atoms with Gasteiger partial charge in [0.15, 0.2) is 0 Å². The molecule has 0 fully saturated rings. The van der Waals surface area contributed by atoms with Crippen molar-refractivity contribution in [3.63, 3.8) is 0 Å². The lowest BCUT2D eigenvalue weighted by Gasteiger charge is -2.43. The van der Waals surface area contributed by atoms with Gasteiger partial charge in [-0.15, -0.1) is 0 Å². The maximum absolute atomic E-state index is 11.4. The van der Waals surface area contributed by atoms with Crippen molar-refractivity contribution < 1.29 is 71.2 Å². The summed E-state index contributed by atoms with van der Waals surface area (Å²) in [5.74, 6) is -1.25. The lowest BCUT2D eigenvalue weighted by atomic mass is 10.2. The van der Waals surface area contributed by atoms with Crippen molar-refractivity contribution in [3.05, 3.63) is 60.7 Å². The molecule has 0 aromatic heterocycles. The average molecular weight is 898 g/mol. The molecule has 0 radical (unpaired) electrons. The van der Waals surface area contributed by atoms with Gasteiger partial charge in [-0.1, -0.05) is 81.4 Å². The first-order valence-electron chi connectivity index (χ1n) is 21.9. The van der Waals surface area contributed by atoms with Crippen molar-refractivity contribution >= 4 is 30.6 Å². The summed E-state index contributed by atoms with van der Waals surface area (Å²) in [7, 11) is -2.55. The first-order chi connectivity index (χ1) is 30.3. The van der Waals surface area contributed by atoms with Crippen LogP contribution >= 0.6 is 0 Å². The maximum Gasteiger partial charge on any atom is 0.303 e. The van der Waals surface area contributed by atoms with Gasteiger partial charge in [0, 0.05) is 19.6 Å². The summed E-state index contributed by atoms with van der Waals surface area (Å²) in [6, 6.07) is 21.2. The highest BCUT2D eigenvalue weighted by molar-refractivity contribution is 6.99. The molecule has 2 rings (SSSR count). The van der Waals surface area contributed by atoms with Crippen molar-refractivity contribution in [2.45, 2.75) is 45.1 Å². The molecule has 16 nitrogen and oxygen atoms in total. The Labute approximate surface area is 370 Å². The minimum atomic E-state index is -2.55. The van der Waals surface area contributed by atoms with Crippen LogP contribution in [0.2, 0.25) is 5.04 Å². The number of amides is 1. The Balaban J connectivity index is 1.25. The predicted molar refractivity (Wildman–Crippen MR) is 237 cm³/mol. The number of carbonyl (C=O) groups excluding carboxylic acids is 1. The second-order valence-corrected chi connectivity index (χ2v) is 19.2. The zero-order valence-corrected chi connectivity index (χ0v) is 38.5. The molecule has 354 valence electrons. The number of hydrogen-bond donors (Lipinski definition) is 2. The van der Waals surface area contributed by atoms with Gasteiger partial charge in [-0.3, -0.25) is 9.59 Å². The molecule has 1 amide bonds. The second kappa shape index (κ2) is 37.5. The second-order valence-electron chi connectivity index (χ2n) is 14.8. The summed E-state index contributed by atoms with van der Waals surface area (Å²) in [5.41, 5.74) is 0. The third-order valence-electron chi connectivity index (χ3n) is 9.04. The van der Waals surface area contributed by atoms with E-state index in [0.717, 1.165) is 0 Å². The number of ether oxygens (including phenoxy) is 11. The average Bonchev–Trinajstić information content (AvgIpc) is 3.26. The number of benzene rings is 2. The van der Waals surface area contributed by atoms with Crippen LogP contribution in [0.1, 0.15) is 40.0 Å². The molecule has 0 aliphatic rings. The van der Waals surface area contributed by atoms with E-state index in [-0.39, 0.29) is 23.8 Å². The van der Waals surface area contributed by atoms with E-state index in [0.29, 0.717) is 165 Å². The monoisotopic (exact) mass is 897 g/mol. The summed E-state index contributed by atoms with van der Waals surface area (Å²) < 4.78 is 67.9. The third kappa shape index (κ3) is 27.3. The lowest BCUT2D eigenvalue weighted by Crippen LogP contribution is -2.66. The number of carbonyl (C=O) groups is 2. The number of hydrogen-bond acceptors (Lipinski definition) is 14. The largest absolute Gasteiger partial charge is 0.481 e. The van der Waals surface area contributed by atoms with E-state index in [9.17, 15) is 9.59 Å². The molecule has 17 heteroatoms. The zero-order chi connectivity index (χ0) is 44.7. The van der Waals surface area contributed by atoms with Gasteiger partial charge in [0.1, 0.15) is 0 Å². The summed E-state index contributed by atoms with van der Waals surface area (Å²) in [5, 5.41) is 13.7. The molecular weight excluding hydrogens is 823 g/mol. The third-order valence-corrected chi connectivity index (χ3v) is 14.1. The van der Waals surface area contributed by atoms with E-state index in [4.69, 9.17) is 61.6 Å². The van der Waals surface area contributed by atoms with Crippen LogP contribution < -0.4 is 15.7 Å². The molecule has 2 aromatic rings. The van der Waals surface area contributed by atoms with Crippen LogP contribution in [0.5, 0.6) is 0 Å². The van der Waals surface area contributed by atoms with Gasteiger partial charge >= 0.3 is 5.97 Å². The molecule has 2 N–H and O–H groups in total. The highest BCUT2D eigenvalue weighted by atomic mass is 28.4. The number of carboxylic acid groups (broad SMARTS) is 1. The molecule has 0 heterocycles. The van der Waals surface area contributed by atoms with Crippen molar-refractivity contribution in [3.8, 4) is 0 Å². The standard InChI is InChI=1S/C45H75NO15Si/c1-45(2,3)62(41-11-6-4-7-12-41,42-13-8-5-9-14-42)61-40-39-60-38-37-59-36-35-58-34-33-57-32-31-56-30-29-55-28-27-54-26-25-53-24-23-52-22-21-51-20-19-50-18-10-17-46-43(47)15-16-44(48)49/h4-9,11-14H,10,15-40H2,1-3H3,(H,46,47)(H,48,49). The Morgan fingerprint density at radius 3 is 1.03 bits per heavy atom. The Morgan fingerprint density at radius 2 is 0.742 bits per heavy atom. The van der Waals surface area contributed by atoms with Crippen LogP contribution in [0.25, 0.3) is 0 Å². The van der Waals surface area contributed by atoms with Crippen LogP contribution in [-0.4, -0.2) is 184 Å². The minimum Gasteiger partial charge on any atom is -0.481 e. The first kappa shape index (κ1) is 55.2. The van der Waals surface area contributed by atoms with E-state index in [2.05, 4.69) is 74.6 Å². The molecule has 0 saturated heterocycles. The summed E-state index contributed by atoms with van der Waals surface area (Å²) in [6.45, 7) is 18.3. The summed E-state index contributed by atoms with van der Waals surface area (Å²) in [4.78, 5) is 21.8.